The highest BCUT2D eigenvalue weighted by Crippen LogP contribution is 2.18. The van der Waals surface area contributed by atoms with Gasteiger partial charge in [0, 0.05) is 23.9 Å². The van der Waals surface area contributed by atoms with Crippen LogP contribution < -0.4 is 5.73 Å². The van der Waals surface area contributed by atoms with Crippen LogP contribution >= 0.6 is 11.3 Å². The van der Waals surface area contributed by atoms with Crippen LogP contribution in [-0.2, 0) is 14.3 Å². The van der Waals surface area contributed by atoms with Gasteiger partial charge in [-0.2, -0.15) is 0 Å². The molecule has 7 heteroatoms. The number of ether oxygens (including phenoxy) is 1. The molecule has 0 aliphatic carbocycles. The number of thiophene rings is 1. The third-order valence-electron chi connectivity index (χ3n) is 3.52. The van der Waals surface area contributed by atoms with Crippen molar-refractivity contribution < 1.29 is 19.1 Å². The summed E-state index contributed by atoms with van der Waals surface area (Å²) in [5.74, 6) is -1.19. The van der Waals surface area contributed by atoms with Crippen molar-refractivity contribution in [3.05, 3.63) is 21.9 Å². The van der Waals surface area contributed by atoms with E-state index >= 15 is 0 Å². The smallest absolute Gasteiger partial charge is 0.348 e. The summed E-state index contributed by atoms with van der Waals surface area (Å²) >= 11 is 1.34. The van der Waals surface area contributed by atoms with E-state index in [0.717, 1.165) is 4.88 Å². The van der Waals surface area contributed by atoms with Crippen molar-refractivity contribution in [2.45, 2.75) is 19.8 Å². The first-order chi connectivity index (χ1) is 9.97. The first-order valence-corrected chi connectivity index (χ1v) is 7.59. The van der Waals surface area contributed by atoms with Gasteiger partial charge in [-0.3, -0.25) is 9.59 Å². The van der Waals surface area contributed by atoms with Crippen LogP contribution in [0.5, 0.6) is 0 Å². The molecule has 2 rings (SSSR count). The minimum atomic E-state index is -0.478. The fourth-order valence-corrected chi connectivity index (χ4v) is 3.01. The Kier molecular flexibility index (Phi) is 4.95. The van der Waals surface area contributed by atoms with Gasteiger partial charge in [0.2, 0.25) is 5.91 Å². The number of nitrogens with zero attached hydrogens (tertiary/aromatic N) is 1. The number of piperidine rings is 1. The molecular formula is C14H18N2O4S. The number of carbonyl (C=O) groups is 3. The Morgan fingerprint density at radius 3 is 2.52 bits per heavy atom. The summed E-state index contributed by atoms with van der Waals surface area (Å²) in [5, 5.41) is 0. The summed E-state index contributed by atoms with van der Waals surface area (Å²) in [4.78, 5) is 37.9. The third-order valence-corrected chi connectivity index (χ3v) is 4.50. The Bertz CT molecular complexity index is 547. The molecule has 1 saturated heterocycles. The molecule has 2 N–H and O–H groups in total. The van der Waals surface area contributed by atoms with E-state index in [2.05, 4.69) is 0 Å². The number of rotatable bonds is 4. The Balaban J connectivity index is 1.78. The molecule has 21 heavy (non-hydrogen) atoms. The van der Waals surface area contributed by atoms with E-state index < -0.39 is 5.97 Å². The molecule has 1 aromatic rings. The zero-order chi connectivity index (χ0) is 15.4. The van der Waals surface area contributed by atoms with Crippen molar-refractivity contribution in [2.24, 2.45) is 11.7 Å². The molecule has 6 nitrogen and oxygen atoms in total. The summed E-state index contributed by atoms with van der Waals surface area (Å²) in [6, 6.07) is 3.52. The van der Waals surface area contributed by atoms with Crippen LogP contribution in [0.4, 0.5) is 0 Å². The summed E-state index contributed by atoms with van der Waals surface area (Å²) in [7, 11) is 0. The molecule has 114 valence electrons. The van der Waals surface area contributed by atoms with Crippen molar-refractivity contribution in [1.29, 1.82) is 0 Å². The van der Waals surface area contributed by atoms with E-state index in [1.807, 2.05) is 13.0 Å². The minimum Gasteiger partial charge on any atom is -0.451 e. The van der Waals surface area contributed by atoms with Gasteiger partial charge in [0.15, 0.2) is 6.61 Å². The third kappa shape index (κ3) is 4.04. The number of aryl methyl sites for hydroxylation is 1. The van der Waals surface area contributed by atoms with Gasteiger partial charge < -0.3 is 15.4 Å². The van der Waals surface area contributed by atoms with E-state index in [9.17, 15) is 14.4 Å². The molecular weight excluding hydrogens is 292 g/mol. The maximum Gasteiger partial charge on any atom is 0.348 e. The highest BCUT2D eigenvalue weighted by molar-refractivity contribution is 7.13. The highest BCUT2D eigenvalue weighted by Gasteiger charge is 2.26. The fourth-order valence-electron chi connectivity index (χ4n) is 2.25. The largest absolute Gasteiger partial charge is 0.451 e. The van der Waals surface area contributed by atoms with Gasteiger partial charge in [0.1, 0.15) is 4.88 Å². The number of nitrogens with two attached hydrogens (primary N) is 1. The van der Waals surface area contributed by atoms with Gasteiger partial charge in [0.05, 0.1) is 0 Å². The molecule has 0 saturated carbocycles. The van der Waals surface area contributed by atoms with Gasteiger partial charge in [-0.1, -0.05) is 0 Å². The molecule has 0 atom stereocenters. The molecule has 1 fully saturated rings. The fraction of sp³-hybridized carbons (Fsp3) is 0.500. The SMILES string of the molecule is Cc1ccc(C(=O)OCC(=O)N2CCC(C(N)=O)CC2)s1. The maximum absolute atomic E-state index is 12.0. The normalized spacial score (nSPS) is 15.8. The molecule has 0 radical (unpaired) electrons. The zero-order valence-electron chi connectivity index (χ0n) is 11.8. The van der Waals surface area contributed by atoms with Gasteiger partial charge in [-0.05, 0) is 31.9 Å². The van der Waals surface area contributed by atoms with Crippen LogP contribution in [0.1, 0.15) is 27.4 Å². The number of likely N-dealkylation sites (tertiary alicyclic amines) is 1. The first kappa shape index (κ1) is 15.5. The average molecular weight is 310 g/mol. The predicted octanol–water partition coefficient (Wildman–Crippen LogP) is 0.937. The lowest BCUT2D eigenvalue weighted by Crippen LogP contribution is -2.43. The van der Waals surface area contributed by atoms with E-state index in [1.165, 1.54) is 11.3 Å². The Morgan fingerprint density at radius 2 is 2.00 bits per heavy atom. The monoisotopic (exact) mass is 310 g/mol. The van der Waals surface area contributed by atoms with Crippen molar-refractivity contribution in [1.82, 2.24) is 4.90 Å². The number of primary amides is 1. The van der Waals surface area contributed by atoms with E-state index in [1.54, 1.807) is 11.0 Å². The van der Waals surface area contributed by atoms with Crippen LogP contribution in [-0.4, -0.2) is 42.4 Å². The molecule has 0 spiro atoms. The van der Waals surface area contributed by atoms with Crippen LogP contribution in [0.2, 0.25) is 0 Å². The quantitative estimate of drug-likeness (QED) is 0.838. The van der Waals surface area contributed by atoms with Gasteiger partial charge in [-0.15, -0.1) is 11.3 Å². The van der Waals surface area contributed by atoms with Gasteiger partial charge >= 0.3 is 5.97 Å². The molecule has 0 bridgehead atoms. The van der Waals surface area contributed by atoms with Gasteiger partial charge in [0.25, 0.3) is 5.91 Å². The van der Waals surface area contributed by atoms with Gasteiger partial charge in [-0.25, -0.2) is 4.79 Å². The summed E-state index contributed by atoms with van der Waals surface area (Å²) in [6.45, 7) is 2.58. The second kappa shape index (κ2) is 6.71. The molecule has 2 amide bonds. The molecule has 1 aliphatic heterocycles. The Labute approximate surface area is 126 Å². The number of hydrogen-bond donors (Lipinski definition) is 1. The van der Waals surface area contributed by atoms with E-state index in [0.29, 0.717) is 30.8 Å². The van der Waals surface area contributed by atoms with E-state index in [4.69, 9.17) is 10.5 Å². The number of hydrogen-bond acceptors (Lipinski definition) is 5. The Morgan fingerprint density at radius 1 is 1.33 bits per heavy atom. The van der Waals surface area contributed by atoms with Crippen molar-refractivity contribution >= 4 is 29.1 Å². The van der Waals surface area contributed by atoms with Crippen molar-refractivity contribution in [3.63, 3.8) is 0 Å². The summed E-state index contributed by atoms with van der Waals surface area (Å²) in [5.41, 5.74) is 5.24. The second-order valence-electron chi connectivity index (χ2n) is 5.04. The van der Waals surface area contributed by atoms with Crippen LogP contribution in [0.25, 0.3) is 0 Å². The predicted molar refractivity (Wildman–Crippen MR) is 77.8 cm³/mol. The van der Waals surface area contributed by atoms with Crippen LogP contribution in [0, 0.1) is 12.8 Å². The standard InChI is InChI=1S/C14H18N2O4S/c1-9-2-3-11(21-9)14(19)20-8-12(17)16-6-4-10(5-7-16)13(15)18/h2-3,10H,4-8H2,1H3,(H2,15,18). The Hall–Kier alpha value is -1.89. The molecule has 2 heterocycles. The lowest BCUT2D eigenvalue weighted by atomic mass is 9.96. The number of carbonyl (C=O) groups excluding carboxylic acids is 3. The lowest BCUT2D eigenvalue weighted by Gasteiger charge is -2.30. The number of esters is 1. The van der Waals surface area contributed by atoms with Crippen molar-refractivity contribution in [2.75, 3.05) is 19.7 Å². The molecule has 1 aliphatic rings. The minimum absolute atomic E-state index is 0.161. The first-order valence-electron chi connectivity index (χ1n) is 6.78. The zero-order valence-corrected chi connectivity index (χ0v) is 12.6. The van der Waals surface area contributed by atoms with E-state index in [-0.39, 0.29) is 24.3 Å². The summed E-state index contributed by atoms with van der Waals surface area (Å²) in [6.07, 6.45) is 1.14. The molecule has 0 aromatic carbocycles. The van der Waals surface area contributed by atoms with Crippen LogP contribution in [0.15, 0.2) is 12.1 Å². The van der Waals surface area contributed by atoms with Crippen LogP contribution in [0.3, 0.4) is 0 Å². The maximum atomic E-state index is 12.0. The van der Waals surface area contributed by atoms with Crippen molar-refractivity contribution in [3.8, 4) is 0 Å². The highest BCUT2D eigenvalue weighted by atomic mass is 32.1. The second-order valence-corrected chi connectivity index (χ2v) is 6.33. The molecule has 0 unspecified atom stereocenters. The molecule has 1 aromatic heterocycles. The number of amides is 2. The lowest BCUT2D eigenvalue weighted by molar-refractivity contribution is -0.137. The average Bonchev–Trinajstić information content (AvgIpc) is 2.91. The topological polar surface area (TPSA) is 89.7 Å². The summed E-state index contributed by atoms with van der Waals surface area (Å²) < 4.78 is 5.02.